The van der Waals surface area contributed by atoms with Gasteiger partial charge in [-0.1, -0.05) is 42.0 Å². The van der Waals surface area contributed by atoms with Crippen molar-refractivity contribution in [1.29, 1.82) is 0 Å². The van der Waals surface area contributed by atoms with Crippen molar-refractivity contribution >= 4 is 45.0 Å². The van der Waals surface area contributed by atoms with E-state index in [1.807, 2.05) is 97.1 Å². The summed E-state index contributed by atoms with van der Waals surface area (Å²) >= 11 is 0. The van der Waals surface area contributed by atoms with Crippen LogP contribution < -0.4 is 30.6 Å². The molecule has 2 aliphatic heterocycles. The van der Waals surface area contributed by atoms with Crippen LogP contribution in [0, 0.1) is 12.1 Å². The Bertz CT molecular complexity index is 2130. The Hall–Kier alpha value is -4.87. The van der Waals surface area contributed by atoms with E-state index in [0.29, 0.717) is 29.0 Å². The minimum absolute atomic E-state index is 0. The van der Waals surface area contributed by atoms with E-state index in [9.17, 15) is 0 Å². The molecule has 9 rings (SSSR count). The van der Waals surface area contributed by atoms with Crippen LogP contribution in [0.5, 0.6) is 34.6 Å². The van der Waals surface area contributed by atoms with Crippen LogP contribution in [0.25, 0.3) is 33.3 Å². The maximum absolute atomic E-state index is 6.35. The number of hydrogen-bond donors (Lipinski definition) is 0. The molecule has 6 nitrogen and oxygen atoms in total. The molecule has 0 fully saturated rings. The van der Waals surface area contributed by atoms with Crippen LogP contribution in [-0.2, 0) is 21.1 Å². The van der Waals surface area contributed by atoms with Crippen molar-refractivity contribution in [3.05, 3.63) is 115 Å². The summed E-state index contributed by atoms with van der Waals surface area (Å²) in [5.41, 5.74) is 4.88. The summed E-state index contributed by atoms with van der Waals surface area (Å²) in [5.74, 6) is 4.46. The van der Waals surface area contributed by atoms with Gasteiger partial charge < -0.3 is 18.6 Å². The van der Waals surface area contributed by atoms with Crippen molar-refractivity contribution in [2.75, 3.05) is 0 Å². The normalized spacial score (nSPS) is 12.4. The molecule has 0 unspecified atom stereocenters. The first-order valence-corrected chi connectivity index (χ1v) is 13.3. The molecule has 0 saturated heterocycles. The number of para-hydroxylation sites is 2. The molecule has 0 aliphatic carbocycles. The third-order valence-corrected chi connectivity index (χ3v) is 7.55. The zero-order valence-corrected chi connectivity index (χ0v) is 24.0. The van der Waals surface area contributed by atoms with Crippen LogP contribution in [0.1, 0.15) is 0 Å². The van der Waals surface area contributed by atoms with E-state index in [2.05, 4.69) is 17.1 Å². The topological polar surface area (TPSA) is 66.6 Å². The van der Waals surface area contributed by atoms with Crippen molar-refractivity contribution in [2.45, 2.75) is 0 Å². The van der Waals surface area contributed by atoms with Gasteiger partial charge in [-0.05, 0) is 41.8 Å². The molecule has 0 bridgehead atoms. The maximum atomic E-state index is 6.35. The fraction of sp³-hybridized carbons (Fsp3) is 0. The van der Waals surface area contributed by atoms with Gasteiger partial charge in [0.25, 0.3) is 0 Å². The largest absolute Gasteiger partial charge is 2.00 e. The smallest absolute Gasteiger partial charge is 0.518 e. The van der Waals surface area contributed by atoms with Gasteiger partial charge in [-0.3, -0.25) is 4.98 Å². The number of fused-ring (bicyclic) bond motifs is 6. The van der Waals surface area contributed by atoms with Crippen LogP contribution in [0.2, 0.25) is 0 Å². The molecule has 4 heterocycles. The SMILES string of the molecule is [Pt+2].[c-]1c(Oc2nccc3ccccc23)ccc2c1B1c3[c-]c(-c4nc5ccccc5o4)ccc3Oc3cccc(c31)O2. The summed E-state index contributed by atoms with van der Waals surface area (Å²) < 4.78 is 25.1. The Balaban J connectivity index is 0.00000267. The molecule has 8 heteroatoms. The van der Waals surface area contributed by atoms with Gasteiger partial charge in [0.15, 0.2) is 0 Å². The zero-order valence-electron chi connectivity index (χ0n) is 21.7. The van der Waals surface area contributed by atoms with Crippen LogP contribution in [0.3, 0.4) is 0 Å². The Kier molecular flexibility index (Phi) is 5.69. The third-order valence-electron chi connectivity index (χ3n) is 7.55. The number of hydrogen-bond acceptors (Lipinski definition) is 6. The molecule has 2 aliphatic rings. The molecule has 0 radical (unpaired) electrons. The molecular formula is C34H17BN2O4Pt. The molecule has 42 heavy (non-hydrogen) atoms. The summed E-state index contributed by atoms with van der Waals surface area (Å²) in [4.78, 5) is 9.19. The van der Waals surface area contributed by atoms with Crippen LogP contribution in [0.4, 0.5) is 0 Å². The molecule has 2 aromatic heterocycles. The monoisotopic (exact) mass is 723 g/mol. The Morgan fingerprint density at radius 1 is 0.690 bits per heavy atom. The second-order valence-corrected chi connectivity index (χ2v) is 9.98. The van der Waals surface area contributed by atoms with Gasteiger partial charge in [0.05, 0.1) is 5.52 Å². The molecular weight excluding hydrogens is 706 g/mol. The number of aromatic nitrogens is 2. The van der Waals surface area contributed by atoms with E-state index >= 15 is 0 Å². The number of benzene rings is 5. The molecule has 0 saturated carbocycles. The van der Waals surface area contributed by atoms with Crippen molar-refractivity contribution < 1.29 is 39.7 Å². The average Bonchev–Trinajstić information content (AvgIpc) is 3.46. The molecule has 0 N–H and O–H groups in total. The Labute approximate surface area is 255 Å². The summed E-state index contributed by atoms with van der Waals surface area (Å²) in [7, 11) is 0. The predicted octanol–water partition coefficient (Wildman–Crippen LogP) is 6.16. The quantitative estimate of drug-likeness (QED) is 0.161. The molecule has 7 aromatic rings. The van der Waals surface area contributed by atoms with Gasteiger partial charge in [0.2, 0.25) is 12.6 Å². The fourth-order valence-corrected chi connectivity index (χ4v) is 5.69. The van der Waals surface area contributed by atoms with Gasteiger partial charge in [-0.2, -0.15) is 0 Å². The zero-order chi connectivity index (χ0) is 26.9. The van der Waals surface area contributed by atoms with E-state index in [1.165, 1.54) is 0 Å². The second-order valence-electron chi connectivity index (χ2n) is 9.98. The van der Waals surface area contributed by atoms with E-state index < -0.39 is 0 Å². The van der Waals surface area contributed by atoms with Gasteiger partial charge in [0.1, 0.15) is 23.0 Å². The van der Waals surface area contributed by atoms with E-state index in [0.717, 1.165) is 55.3 Å². The predicted molar refractivity (Wildman–Crippen MR) is 157 cm³/mol. The minimum Gasteiger partial charge on any atom is -0.518 e. The van der Waals surface area contributed by atoms with Gasteiger partial charge in [0, 0.05) is 34.3 Å². The van der Waals surface area contributed by atoms with Gasteiger partial charge >= 0.3 is 21.1 Å². The summed E-state index contributed by atoms with van der Waals surface area (Å²) in [5, 5.41) is 1.98. The van der Waals surface area contributed by atoms with E-state index in [-0.39, 0.29) is 27.8 Å². The minimum atomic E-state index is -0.248. The Morgan fingerprint density at radius 2 is 1.45 bits per heavy atom. The summed E-state index contributed by atoms with van der Waals surface area (Å²) in [6, 6.07) is 38.3. The standard InChI is InChI=1S/C34H17BN2O4.Pt/c1-2-7-23-20(6-1)16-17-36-34(23)38-22-13-15-28-25(19-22)35-24-18-21(33-37-26-8-3-4-9-29(26)41-33)12-14-27(24)39-30-10-5-11-31(40-28)32(30)35;/h1-17H;/q-2;+2. The number of rotatable bonds is 3. The average molecular weight is 723 g/mol. The van der Waals surface area contributed by atoms with Gasteiger partial charge in [-0.15, -0.1) is 47.3 Å². The molecule has 200 valence electrons. The number of oxazole rings is 1. The Morgan fingerprint density at radius 3 is 2.31 bits per heavy atom. The van der Waals surface area contributed by atoms with Crippen molar-refractivity contribution in [1.82, 2.24) is 9.97 Å². The fourth-order valence-electron chi connectivity index (χ4n) is 5.69. The first-order chi connectivity index (χ1) is 20.3. The van der Waals surface area contributed by atoms with Crippen LogP contribution >= 0.6 is 0 Å². The number of nitrogens with zero attached hydrogens (tertiary/aromatic N) is 2. The van der Waals surface area contributed by atoms with E-state index in [1.54, 1.807) is 6.20 Å². The summed E-state index contributed by atoms with van der Waals surface area (Å²) in [6.07, 6.45) is 1.75. The molecule has 0 atom stereocenters. The molecule has 0 spiro atoms. The van der Waals surface area contributed by atoms with Gasteiger partial charge in [-0.25, -0.2) is 4.98 Å². The van der Waals surface area contributed by atoms with Crippen LogP contribution in [0.15, 0.2) is 108 Å². The summed E-state index contributed by atoms with van der Waals surface area (Å²) in [6.45, 7) is -0.248. The van der Waals surface area contributed by atoms with E-state index in [4.69, 9.17) is 23.6 Å². The molecule has 0 amide bonds. The maximum Gasteiger partial charge on any atom is 2.00 e. The van der Waals surface area contributed by atoms with Crippen molar-refractivity contribution in [3.63, 3.8) is 0 Å². The van der Waals surface area contributed by atoms with Crippen molar-refractivity contribution in [2.24, 2.45) is 0 Å². The number of ether oxygens (including phenoxy) is 3. The molecule has 5 aromatic carbocycles. The van der Waals surface area contributed by atoms with Crippen molar-refractivity contribution in [3.8, 4) is 46.1 Å². The third kappa shape index (κ3) is 3.85. The van der Waals surface area contributed by atoms with Crippen LogP contribution in [-0.4, -0.2) is 16.7 Å². The number of pyridine rings is 1. The first-order valence-electron chi connectivity index (χ1n) is 13.3. The first kappa shape index (κ1) is 24.9. The second kappa shape index (κ2) is 9.61.